The van der Waals surface area contributed by atoms with E-state index in [1.54, 1.807) is 18.5 Å². The summed E-state index contributed by atoms with van der Waals surface area (Å²) in [7, 11) is 0. The predicted octanol–water partition coefficient (Wildman–Crippen LogP) is 3.50. The minimum Gasteiger partial charge on any atom is -0.467 e. The fraction of sp³-hybridized carbons (Fsp3) is 0.167. The van der Waals surface area contributed by atoms with E-state index < -0.39 is 0 Å². The van der Waals surface area contributed by atoms with Crippen LogP contribution in [0.25, 0.3) is 0 Å². The van der Waals surface area contributed by atoms with Crippen LogP contribution in [0, 0.1) is 0 Å². The lowest BCUT2D eigenvalue weighted by Crippen LogP contribution is -2.16. The molecule has 0 radical (unpaired) electrons. The highest BCUT2D eigenvalue weighted by atomic mass is 16.3. The van der Waals surface area contributed by atoms with E-state index in [4.69, 9.17) is 4.42 Å². The summed E-state index contributed by atoms with van der Waals surface area (Å²) < 4.78 is 5.24. The molecule has 2 aromatic heterocycles. The second-order valence-corrected chi connectivity index (χ2v) is 5.16. The first-order valence-corrected chi connectivity index (χ1v) is 7.75. The van der Waals surface area contributed by atoms with E-state index in [0.29, 0.717) is 18.2 Å². The van der Waals surface area contributed by atoms with E-state index in [0.717, 1.165) is 23.4 Å². The molecule has 122 valence electrons. The molecule has 3 aromatic rings. The van der Waals surface area contributed by atoms with Crippen molar-refractivity contribution in [3.8, 4) is 0 Å². The molecule has 0 unspecified atom stereocenters. The van der Waals surface area contributed by atoms with Gasteiger partial charge in [0.1, 0.15) is 11.5 Å². The lowest BCUT2D eigenvalue weighted by molar-refractivity contribution is 0.102. The summed E-state index contributed by atoms with van der Waals surface area (Å²) in [5.74, 6) is 0.882. The molecule has 24 heavy (non-hydrogen) atoms. The molecule has 0 bridgehead atoms. The van der Waals surface area contributed by atoms with Crippen LogP contribution in [0.1, 0.15) is 28.7 Å². The number of aryl methyl sites for hydroxylation is 1. The maximum absolute atomic E-state index is 12.4. The second-order valence-electron chi connectivity index (χ2n) is 5.16. The summed E-state index contributed by atoms with van der Waals surface area (Å²) in [6.07, 6.45) is 4.00. The van der Waals surface area contributed by atoms with Gasteiger partial charge in [0.25, 0.3) is 5.91 Å². The Morgan fingerprint density at radius 1 is 1.17 bits per heavy atom. The topological polar surface area (TPSA) is 80.0 Å². The predicted molar refractivity (Wildman–Crippen MR) is 91.8 cm³/mol. The third kappa shape index (κ3) is 3.78. The molecule has 0 fully saturated rings. The van der Waals surface area contributed by atoms with Crippen LogP contribution >= 0.6 is 0 Å². The number of amides is 1. The number of carbonyl (C=O) groups is 1. The van der Waals surface area contributed by atoms with Crippen molar-refractivity contribution in [2.75, 3.05) is 10.6 Å². The number of para-hydroxylation sites is 1. The Kier molecular flexibility index (Phi) is 4.86. The number of nitrogens with one attached hydrogen (secondary N) is 2. The van der Waals surface area contributed by atoms with Crippen LogP contribution in [0.15, 0.2) is 59.3 Å². The van der Waals surface area contributed by atoms with Crippen LogP contribution in [0.2, 0.25) is 0 Å². The van der Waals surface area contributed by atoms with Gasteiger partial charge in [0.2, 0.25) is 5.95 Å². The number of nitrogens with zero attached hydrogens (tertiary/aromatic N) is 2. The molecule has 0 aliphatic rings. The first-order valence-electron chi connectivity index (χ1n) is 7.75. The van der Waals surface area contributed by atoms with E-state index in [9.17, 15) is 4.79 Å². The highest BCUT2D eigenvalue weighted by Crippen LogP contribution is 2.16. The molecule has 0 saturated heterocycles. The Labute approximate surface area is 140 Å². The molecule has 0 spiro atoms. The number of anilines is 2. The van der Waals surface area contributed by atoms with Crippen molar-refractivity contribution in [1.82, 2.24) is 9.97 Å². The van der Waals surface area contributed by atoms with Gasteiger partial charge in [-0.25, -0.2) is 9.97 Å². The minimum absolute atomic E-state index is 0.264. The zero-order valence-corrected chi connectivity index (χ0v) is 13.3. The molecule has 0 aliphatic heterocycles. The largest absolute Gasteiger partial charge is 0.467 e. The molecule has 0 saturated carbocycles. The van der Waals surface area contributed by atoms with Gasteiger partial charge in [0.05, 0.1) is 12.8 Å². The van der Waals surface area contributed by atoms with Crippen molar-refractivity contribution in [2.45, 2.75) is 19.9 Å². The number of carbonyl (C=O) groups excluding carboxylic acids is 1. The van der Waals surface area contributed by atoms with Gasteiger partial charge in [-0.1, -0.05) is 25.1 Å². The molecule has 6 nitrogen and oxygen atoms in total. The average Bonchev–Trinajstić information content (AvgIpc) is 3.14. The van der Waals surface area contributed by atoms with Crippen molar-refractivity contribution in [3.63, 3.8) is 0 Å². The van der Waals surface area contributed by atoms with Crippen molar-refractivity contribution >= 4 is 17.5 Å². The smallest absolute Gasteiger partial charge is 0.274 e. The Hall–Kier alpha value is -3.15. The zero-order chi connectivity index (χ0) is 16.8. The number of hydrogen-bond acceptors (Lipinski definition) is 5. The number of benzene rings is 1. The normalized spacial score (nSPS) is 10.4. The molecule has 6 heteroatoms. The molecule has 1 aromatic carbocycles. The minimum atomic E-state index is -0.264. The number of hydrogen-bond donors (Lipinski definition) is 2. The van der Waals surface area contributed by atoms with Crippen LogP contribution in [-0.2, 0) is 13.0 Å². The molecule has 3 rings (SSSR count). The van der Waals surface area contributed by atoms with Crippen LogP contribution in [0.5, 0.6) is 0 Å². The van der Waals surface area contributed by atoms with Gasteiger partial charge in [-0.05, 0) is 36.2 Å². The Morgan fingerprint density at radius 2 is 2.04 bits per heavy atom. The van der Waals surface area contributed by atoms with E-state index >= 15 is 0 Å². The van der Waals surface area contributed by atoms with Crippen LogP contribution in [0.4, 0.5) is 11.6 Å². The van der Waals surface area contributed by atoms with Crippen molar-refractivity contribution in [1.29, 1.82) is 0 Å². The third-order valence-electron chi connectivity index (χ3n) is 3.54. The molecule has 0 aliphatic carbocycles. The maximum Gasteiger partial charge on any atom is 0.274 e. The number of furan rings is 1. The molecular weight excluding hydrogens is 304 g/mol. The van der Waals surface area contributed by atoms with Gasteiger partial charge in [-0.3, -0.25) is 4.79 Å². The van der Waals surface area contributed by atoms with Gasteiger partial charge in [-0.15, -0.1) is 0 Å². The molecule has 1 amide bonds. The zero-order valence-electron chi connectivity index (χ0n) is 13.3. The maximum atomic E-state index is 12.4. The summed E-state index contributed by atoms with van der Waals surface area (Å²) in [6, 6.07) is 13.0. The van der Waals surface area contributed by atoms with E-state index in [-0.39, 0.29) is 5.91 Å². The molecular formula is C18H18N4O2. The fourth-order valence-electron chi connectivity index (χ4n) is 2.29. The van der Waals surface area contributed by atoms with Gasteiger partial charge < -0.3 is 15.1 Å². The van der Waals surface area contributed by atoms with Crippen molar-refractivity contribution < 1.29 is 9.21 Å². The van der Waals surface area contributed by atoms with Gasteiger partial charge in [0, 0.05) is 11.9 Å². The Bertz CT molecular complexity index is 815. The molecule has 2 N–H and O–H groups in total. The third-order valence-corrected chi connectivity index (χ3v) is 3.54. The Morgan fingerprint density at radius 3 is 2.83 bits per heavy atom. The van der Waals surface area contributed by atoms with Crippen LogP contribution < -0.4 is 10.6 Å². The summed E-state index contributed by atoms with van der Waals surface area (Å²) >= 11 is 0. The lowest BCUT2D eigenvalue weighted by atomic mass is 10.1. The highest BCUT2D eigenvalue weighted by Gasteiger charge is 2.11. The monoisotopic (exact) mass is 322 g/mol. The van der Waals surface area contributed by atoms with Crippen LogP contribution in [0.3, 0.4) is 0 Å². The summed E-state index contributed by atoms with van der Waals surface area (Å²) in [5, 5.41) is 5.93. The van der Waals surface area contributed by atoms with Crippen molar-refractivity contribution in [2.24, 2.45) is 0 Å². The van der Waals surface area contributed by atoms with Gasteiger partial charge in [-0.2, -0.15) is 0 Å². The summed E-state index contributed by atoms with van der Waals surface area (Å²) in [6.45, 7) is 2.50. The molecule has 0 atom stereocenters. The standard InChI is InChI=1S/C18H18N4O2/c1-2-13-6-3-4-8-15(13)21-17(23)16-9-10-19-18(22-16)20-12-14-7-5-11-24-14/h3-11H,2,12H2,1H3,(H,21,23)(H,19,20,22). The van der Waals surface area contributed by atoms with Crippen LogP contribution in [-0.4, -0.2) is 15.9 Å². The van der Waals surface area contributed by atoms with E-state index in [1.807, 2.05) is 43.3 Å². The number of rotatable bonds is 6. The second kappa shape index (κ2) is 7.41. The first-order chi connectivity index (χ1) is 11.8. The van der Waals surface area contributed by atoms with Crippen molar-refractivity contribution in [3.05, 3.63) is 71.9 Å². The van der Waals surface area contributed by atoms with Gasteiger partial charge in [0.15, 0.2) is 0 Å². The SMILES string of the molecule is CCc1ccccc1NC(=O)c1ccnc(NCc2ccco2)n1. The van der Waals surface area contributed by atoms with E-state index in [2.05, 4.69) is 20.6 Å². The quantitative estimate of drug-likeness (QED) is 0.726. The lowest BCUT2D eigenvalue weighted by Gasteiger charge is -2.10. The molecule has 2 heterocycles. The van der Waals surface area contributed by atoms with E-state index in [1.165, 1.54) is 0 Å². The average molecular weight is 322 g/mol. The highest BCUT2D eigenvalue weighted by molar-refractivity contribution is 6.03. The summed E-state index contributed by atoms with van der Waals surface area (Å²) in [4.78, 5) is 20.8. The summed E-state index contributed by atoms with van der Waals surface area (Å²) in [5.41, 5.74) is 2.18. The Balaban J connectivity index is 1.69. The first kappa shape index (κ1) is 15.7. The number of aromatic nitrogens is 2. The van der Waals surface area contributed by atoms with Gasteiger partial charge >= 0.3 is 0 Å². The fourth-order valence-corrected chi connectivity index (χ4v) is 2.29.